The van der Waals surface area contributed by atoms with Crippen molar-refractivity contribution >= 4 is 58.1 Å². The number of hydrogen-bond acceptors (Lipinski definition) is 5. The van der Waals surface area contributed by atoms with Gasteiger partial charge in [0, 0.05) is 16.3 Å². The van der Waals surface area contributed by atoms with Gasteiger partial charge < -0.3 is 15.2 Å². The molecule has 0 aliphatic rings. The van der Waals surface area contributed by atoms with Crippen LogP contribution in [-0.2, 0) is 15.1 Å². The zero-order valence-corrected chi connectivity index (χ0v) is 19.0. The van der Waals surface area contributed by atoms with E-state index in [1.165, 1.54) is 38.1 Å². The van der Waals surface area contributed by atoms with Crippen molar-refractivity contribution in [1.29, 1.82) is 0 Å². The number of carbonyl (C=O) groups excluding carboxylic acids is 2. The summed E-state index contributed by atoms with van der Waals surface area (Å²) in [6, 6.07) is 7.29. The van der Waals surface area contributed by atoms with Gasteiger partial charge in [0.15, 0.2) is 5.11 Å². The molecule has 0 radical (unpaired) electrons. The molecule has 0 spiro atoms. The summed E-state index contributed by atoms with van der Waals surface area (Å²) in [6.07, 6.45) is -5.32. The van der Waals surface area contributed by atoms with Crippen molar-refractivity contribution in [2.24, 2.45) is 0 Å². The van der Waals surface area contributed by atoms with Crippen molar-refractivity contribution in [3.05, 3.63) is 63.1 Å². The lowest BCUT2D eigenvalue weighted by Crippen LogP contribution is -2.50. The van der Waals surface area contributed by atoms with E-state index in [2.05, 4.69) is 15.4 Å². The molecule has 0 bridgehead atoms. The molecule has 0 heterocycles. The Labute approximate surface area is 196 Å². The fraction of sp³-hybridized carbons (Fsp3) is 0.250. The van der Waals surface area contributed by atoms with E-state index < -0.39 is 29.2 Å². The van der Waals surface area contributed by atoms with E-state index in [1.807, 2.05) is 0 Å². The molecule has 0 saturated carbocycles. The summed E-state index contributed by atoms with van der Waals surface area (Å²) in [5.41, 5.74) is -4.02. The van der Waals surface area contributed by atoms with Gasteiger partial charge in [-0.05, 0) is 55.9 Å². The molecule has 3 N–H and O–H groups in total. The fourth-order valence-electron chi connectivity index (χ4n) is 2.66. The molecule has 0 aromatic heterocycles. The van der Waals surface area contributed by atoms with Crippen molar-refractivity contribution in [2.45, 2.75) is 25.6 Å². The molecule has 32 heavy (non-hydrogen) atoms. The molecule has 12 heteroatoms. The van der Waals surface area contributed by atoms with Crippen molar-refractivity contribution in [3.8, 4) is 0 Å². The molecule has 6 nitrogen and oxygen atoms in total. The summed E-state index contributed by atoms with van der Waals surface area (Å²) in [4.78, 5) is 24.2. The number of aryl methyl sites for hydroxylation is 1. The Kier molecular flexibility index (Phi) is 8.11. The van der Waals surface area contributed by atoms with Gasteiger partial charge in [0.2, 0.25) is 0 Å². The van der Waals surface area contributed by atoms with E-state index in [1.54, 1.807) is 0 Å². The minimum Gasteiger partial charge on any atom is -0.463 e. The van der Waals surface area contributed by atoms with Crippen molar-refractivity contribution in [2.75, 3.05) is 11.9 Å². The Morgan fingerprint density at radius 2 is 1.81 bits per heavy atom. The first-order valence-electron chi connectivity index (χ1n) is 8.96. The van der Waals surface area contributed by atoms with E-state index in [0.29, 0.717) is 5.02 Å². The van der Waals surface area contributed by atoms with E-state index in [-0.39, 0.29) is 33.6 Å². The third kappa shape index (κ3) is 5.50. The van der Waals surface area contributed by atoms with Gasteiger partial charge in [-0.3, -0.25) is 10.1 Å². The lowest BCUT2D eigenvalue weighted by molar-refractivity contribution is -0.267. The third-order valence-electron chi connectivity index (χ3n) is 4.28. The van der Waals surface area contributed by atoms with E-state index in [0.717, 1.165) is 12.1 Å². The Bertz CT molecular complexity index is 1070. The standard InChI is InChI=1S/C20H17Cl2F3N2O4S/c1-3-31-17(29)19(30,20(23,24)25)11-4-7-15(10(2)8-11)26-18(32)27-16(28)13-6-5-12(21)9-14(13)22/h4-9,30H,3H2,1-2H3,(H2,26,27,28,32)/t19-/m0/s1. The van der Waals surface area contributed by atoms with Gasteiger partial charge in [0.05, 0.1) is 17.2 Å². The average molecular weight is 509 g/mol. The summed E-state index contributed by atoms with van der Waals surface area (Å²) >= 11 is 16.8. The van der Waals surface area contributed by atoms with Gasteiger partial charge in [0.1, 0.15) is 0 Å². The first kappa shape index (κ1) is 25.9. The van der Waals surface area contributed by atoms with E-state index in [4.69, 9.17) is 35.4 Å². The maximum absolute atomic E-state index is 13.5. The van der Waals surface area contributed by atoms with Crippen molar-refractivity contribution in [3.63, 3.8) is 0 Å². The molecule has 0 unspecified atom stereocenters. The highest BCUT2D eigenvalue weighted by atomic mass is 35.5. The molecule has 2 aromatic rings. The number of halogens is 5. The molecule has 2 aromatic carbocycles. The third-order valence-corrected chi connectivity index (χ3v) is 5.03. The second-order valence-electron chi connectivity index (χ2n) is 6.49. The number of nitrogens with one attached hydrogen (secondary N) is 2. The number of benzene rings is 2. The van der Waals surface area contributed by atoms with E-state index in [9.17, 15) is 27.9 Å². The molecular formula is C20H17Cl2F3N2O4S. The van der Waals surface area contributed by atoms with Crippen LogP contribution < -0.4 is 10.6 Å². The van der Waals surface area contributed by atoms with Gasteiger partial charge in [-0.15, -0.1) is 0 Å². The molecule has 172 valence electrons. The number of ether oxygens (including phenoxy) is 1. The first-order valence-corrected chi connectivity index (χ1v) is 10.1. The van der Waals surface area contributed by atoms with Crippen LogP contribution in [0.5, 0.6) is 0 Å². The van der Waals surface area contributed by atoms with Crippen LogP contribution in [0.4, 0.5) is 18.9 Å². The Morgan fingerprint density at radius 1 is 1.16 bits per heavy atom. The maximum Gasteiger partial charge on any atom is 0.432 e. The highest BCUT2D eigenvalue weighted by Gasteiger charge is 2.62. The molecular weight excluding hydrogens is 492 g/mol. The number of anilines is 1. The normalized spacial score (nSPS) is 13.1. The maximum atomic E-state index is 13.5. The van der Waals surface area contributed by atoms with Gasteiger partial charge in [-0.2, -0.15) is 13.2 Å². The quantitative estimate of drug-likeness (QED) is 0.399. The zero-order chi connectivity index (χ0) is 24.3. The van der Waals surface area contributed by atoms with Crippen LogP contribution in [0.15, 0.2) is 36.4 Å². The Morgan fingerprint density at radius 3 is 2.34 bits per heavy atom. The largest absolute Gasteiger partial charge is 0.463 e. The van der Waals surface area contributed by atoms with Crippen molar-refractivity contribution < 1.29 is 32.6 Å². The van der Waals surface area contributed by atoms with Crippen LogP contribution in [0.2, 0.25) is 10.0 Å². The lowest BCUT2D eigenvalue weighted by atomic mass is 9.91. The van der Waals surface area contributed by atoms with Crippen LogP contribution in [0, 0.1) is 6.92 Å². The number of rotatable bonds is 5. The number of amides is 1. The second-order valence-corrected chi connectivity index (χ2v) is 7.74. The number of carbonyl (C=O) groups is 2. The zero-order valence-electron chi connectivity index (χ0n) is 16.6. The van der Waals surface area contributed by atoms with Crippen LogP contribution in [-0.4, -0.2) is 34.9 Å². The number of esters is 1. The number of aliphatic hydroxyl groups is 1. The predicted molar refractivity (Wildman–Crippen MR) is 118 cm³/mol. The highest BCUT2D eigenvalue weighted by Crippen LogP contribution is 2.41. The monoisotopic (exact) mass is 508 g/mol. The molecule has 1 amide bonds. The number of hydrogen-bond donors (Lipinski definition) is 3. The summed E-state index contributed by atoms with van der Waals surface area (Å²) in [5.74, 6) is -2.47. The summed E-state index contributed by atoms with van der Waals surface area (Å²) in [6.45, 7) is 2.40. The molecule has 0 aliphatic heterocycles. The average Bonchev–Trinajstić information content (AvgIpc) is 2.67. The minimum atomic E-state index is -5.32. The molecule has 0 fully saturated rings. The Hall–Kier alpha value is -2.40. The summed E-state index contributed by atoms with van der Waals surface area (Å²) in [7, 11) is 0. The molecule has 0 saturated heterocycles. The van der Waals surface area contributed by atoms with Crippen LogP contribution in [0.25, 0.3) is 0 Å². The van der Waals surface area contributed by atoms with Crippen LogP contribution >= 0.6 is 35.4 Å². The molecule has 1 atom stereocenters. The SMILES string of the molecule is CCOC(=O)[C@@](O)(c1ccc(NC(=S)NC(=O)c2ccc(Cl)cc2Cl)c(C)c1)C(F)(F)F. The van der Waals surface area contributed by atoms with Gasteiger partial charge >= 0.3 is 12.1 Å². The molecule has 0 aliphatic carbocycles. The van der Waals surface area contributed by atoms with Crippen molar-refractivity contribution in [1.82, 2.24) is 5.32 Å². The smallest absolute Gasteiger partial charge is 0.432 e. The highest BCUT2D eigenvalue weighted by molar-refractivity contribution is 7.80. The number of alkyl halides is 3. The van der Waals surface area contributed by atoms with Crippen LogP contribution in [0.1, 0.15) is 28.4 Å². The minimum absolute atomic E-state index is 0.101. The number of thiocarbonyl (C=S) groups is 1. The first-order chi connectivity index (χ1) is 14.8. The van der Waals surface area contributed by atoms with E-state index >= 15 is 0 Å². The van der Waals surface area contributed by atoms with Gasteiger partial charge in [-0.1, -0.05) is 35.3 Å². The summed E-state index contributed by atoms with van der Waals surface area (Å²) < 4.78 is 45.0. The summed E-state index contributed by atoms with van der Waals surface area (Å²) in [5, 5.41) is 15.5. The second kappa shape index (κ2) is 10.0. The van der Waals surface area contributed by atoms with Gasteiger partial charge in [-0.25, -0.2) is 4.79 Å². The molecule has 2 rings (SSSR count). The Balaban J connectivity index is 2.23. The lowest BCUT2D eigenvalue weighted by Gasteiger charge is -2.29. The van der Waals surface area contributed by atoms with Gasteiger partial charge in [0.25, 0.3) is 11.5 Å². The van der Waals surface area contributed by atoms with Crippen LogP contribution in [0.3, 0.4) is 0 Å². The topological polar surface area (TPSA) is 87.7 Å². The predicted octanol–water partition coefficient (Wildman–Crippen LogP) is 4.74. The fourth-order valence-corrected chi connectivity index (χ4v) is 3.36.